The number of alkyl halides is 2. The van der Waals surface area contributed by atoms with Crippen molar-refractivity contribution in [2.24, 2.45) is 0 Å². The summed E-state index contributed by atoms with van der Waals surface area (Å²) in [6, 6.07) is 5.14. The van der Waals surface area contributed by atoms with Gasteiger partial charge in [-0.05, 0) is 18.2 Å². The lowest BCUT2D eigenvalue weighted by Crippen LogP contribution is -2.82. The molecule has 144 valence electrons. The fourth-order valence-electron chi connectivity index (χ4n) is 2.88. The average Bonchev–Trinajstić information content (AvgIpc) is 2.65. The van der Waals surface area contributed by atoms with Gasteiger partial charge in [-0.15, -0.1) is 0 Å². The number of nitrogens with two attached hydrogens (primary N) is 1. The zero-order valence-corrected chi connectivity index (χ0v) is 15.4. The molecule has 3 heterocycles. The number of nitrogens with one attached hydrogen (secondary N) is 1. The van der Waals surface area contributed by atoms with Crippen LogP contribution in [0.3, 0.4) is 0 Å². The van der Waals surface area contributed by atoms with Gasteiger partial charge in [-0.2, -0.15) is 8.78 Å². The summed E-state index contributed by atoms with van der Waals surface area (Å²) >= 11 is 5.90. The molecule has 9 heteroatoms. The minimum Gasteiger partial charge on any atom is -0.379 e. The van der Waals surface area contributed by atoms with Crippen LogP contribution in [-0.2, 0) is 4.74 Å². The number of morpholine rings is 1. The summed E-state index contributed by atoms with van der Waals surface area (Å²) in [5, 5.41) is 9.33. The number of pyridine rings is 2. The van der Waals surface area contributed by atoms with Crippen molar-refractivity contribution in [1.82, 2.24) is 14.9 Å². The fourth-order valence-corrected chi connectivity index (χ4v) is 3.03. The van der Waals surface area contributed by atoms with E-state index in [0.29, 0.717) is 53.6 Å². The maximum atomic E-state index is 14.2. The Morgan fingerprint density at radius 3 is 2.85 bits per heavy atom. The number of rotatable bonds is 7. The molecule has 1 saturated heterocycles. The second-order valence-electron chi connectivity index (χ2n) is 6.35. The maximum Gasteiger partial charge on any atom is 0.308 e. The normalized spacial score (nSPS) is 16.6. The first kappa shape index (κ1) is 19.8. The van der Waals surface area contributed by atoms with Gasteiger partial charge in [0.15, 0.2) is 0 Å². The van der Waals surface area contributed by atoms with Gasteiger partial charge >= 0.3 is 5.92 Å². The van der Waals surface area contributed by atoms with Crippen molar-refractivity contribution >= 4 is 34.4 Å². The van der Waals surface area contributed by atoms with Gasteiger partial charge < -0.3 is 15.5 Å². The molecule has 1 aliphatic rings. The van der Waals surface area contributed by atoms with E-state index in [9.17, 15) is 8.78 Å². The van der Waals surface area contributed by atoms with Crippen LogP contribution in [0.2, 0.25) is 5.15 Å². The molecule has 2 aromatic rings. The largest absolute Gasteiger partial charge is 0.379 e. The smallest absolute Gasteiger partial charge is 0.308 e. The number of ether oxygens (including phenoxy) is 1. The predicted molar refractivity (Wildman–Crippen MR) is 100 cm³/mol. The number of halogens is 3. The minimum absolute atomic E-state index is 0.291. The lowest BCUT2D eigenvalue weighted by atomic mass is 10.1. The van der Waals surface area contributed by atoms with Crippen molar-refractivity contribution in [2.45, 2.75) is 5.92 Å². The Morgan fingerprint density at radius 1 is 1.33 bits per heavy atom. The highest BCUT2D eigenvalue weighted by molar-refractivity contribution is 6.29. The Balaban J connectivity index is 1.66. The third-order valence-corrected chi connectivity index (χ3v) is 4.48. The molecule has 0 aromatic carbocycles. The van der Waals surface area contributed by atoms with E-state index in [1.54, 1.807) is 29.3 Å². The quantitative estimate of drug-likeness (QED) is 0.552. The van der Waals surface area contributed by atoms with Crippen LogP contribution in [0, 0.1) is 5.41 Å². The number of fused-ring (bicyclic) bond motifs is 1. The Hall–Kier alpha value is -2.00. The molecule has 3 N–H and O–H groups in total. The molecule has 0 atom stereocenters. The standard InChI is InChI=1S/C18H20ClF2N5O/c19-17-2-1-15-16(25-17)7-13(10-24-15)14(8-22)9-23-11-18(20,21)12-26-3-5-27-6-4-26/h1-2,7-10,22-23H,3-6,11-12H2/p+1. The topological polar surface area (TPSA) is 78.7 Å². The lowest BCUT2D eigenvalue weighted by Gasteiger charge is -2.29. The number of quaternary nitrogens is 1. The molecule has 0 saturated carbocycles. The van der Waals surface area contributed by atoms with Gasteiger partial charge in [0.05, 0.1) is 36.4 Å². The third-order valence-electron chi connectivity index (χ3n) is 4.26. The van der Waals surface area contributed by atoms with Gasteiger partial charge in [0.2, 0.25) is 0 Å². The SMILES string of the molecule is N=CC(=C[NH2+]CC(F)(F)CN1CCOCC1)c1cnc2ccc(Cl)nc2c1. The molecule has 0 spiro atoms. The fraction of sp³-hybridized carbons (Fsp3) is 0.389. The van der Waals surface area contributed by atoms with Crippen molar-refractivity contribution in [3.63, 3.8) is 0 Å². The van der Waals surface area contributed by atoms with Gasteiger partial charge in [0, 0.05) is 31.1 Å². The van der Waals surface area contributed by atoms with Crippen LogP contribution >= 0.6 is 11.6 Å². The highest BCUT2D eigenvalue weighted by atomic mass is 35.5. The van der Waals surface area contributed by atoms with Crippen LogP contribution in [0.5, 0.6) is 0 Å². The van der Waals surface area contributed by atoms with Crippen molar-refractivity contribution < 1.29 is 18.8 Å². The molecule has 6 nitrogen and oxygen atoms in total. The Kier molecular flexibility index (Phi) is 6.43. The van der Waals surface area contributed by atoms with Crippen LogP contribution in [0.15, 0.2) is 30.6 Å². The summed E-state index contributed by atoms with van der Waals surface area (Å²) in [6.07, 6.45) is 4.23. The molecule has 1 fully saturated rings. The van der Waals surface area contributed by atoms with Gasteiger partial charge in [0.1, 0.15) is 17.9 Å². The number of allylic oxidation sites excluding steroid dienone is 1. The Bertz CT molecular complexity index is 840. The minimum atomic E-state index is -2.84. The molecule has 1 aliphatic heterocycles. The van der Waals surface area contributed by atoms with Crippen LogP contribution in [0.25, 0.3) is 16.6 Å². The molecule has 0 amide bonds. The second-order valence-corrected chi connectivity index (χ2v) is 6.73. The number of aromatic nitrogens is 2. The van der Waals surface area contributed by atoms with Gasteiger partial charge in [0.25, 0.3) is 0 Å². The first-order chi connectivity index (χ1) is 13.0. The maximum absolute atomic E-state index is 14.2. The first-order valence-electron chi connectivity index (χ1n) is 8.61. The summed E-state index contributed by atoms with van der Waals surface area (Å²) < 4.78 is 33.5. The highest BCUT2D eigenvalue weighted by Gasteiger charge is 2.34. The van der Waals surface area contributed by atoms with E-state index in [1.807, 2.05) is 0 Å². The van der Waals surface area contributed by atoms with E-state index in [1.165, 1.54) is 11.5 Å². The molecule has 27 heavy (non-hydrogen) atoms. The van der Waals surface area contributed by atoms with E-state index in [0.717, 1.165) is 6.21 Å². The summed E-state index contributed by atoms with van der Waals surface area (Å²) in [4.78, 5) is 10.2. The predicted octanol–water partition coefficient (Wildman–Crippen LogP) is 1.80. The average molecular weight is 397 g/mol. The van der Waals surface area contributed by atoms with E-state index in [-0.39, 0.29) is 6.54 Å². The van der Waals surface area contributed by atoms with Crippen molar-refractivity contribution in [3.05, 3.63) is 41.3 Å². The lowest BCUT2D eigenvalue weighted by molar-refractivity contribution is -0.606. The van der Waals surface area contributed by atoms with Crippen molar-refractivity contribution in [1.29, 1.82) is 5.41 Å². The zero-order valence-electron chi connectivity index (χ0n) is 14.7. The number of hydrogen-bond donors (Lipinski definition) is 2. The second kappa shape index (κ2) is 8.79. The number of nitrogens with zero attached hydrogens (tertiary/aromatic N) is 3. The zero-order chi connectivity index (χ0) is 19.3. The monoisotopic (exact) mass is 396 g/mol. The molecule has 0 radical (unpaired) electrons. The Morgan fingerprint density at radius 2 is 2.11 bits per heavy atom. The van der Waals surface area contributed by atoms with E-state index in [4.69, 9.17) is 21.7 Å². The summed E-state index contributed by atoms with van der Waals surface area (Å²) in [5.41, 5.74) is 2.37. The van der Waals surface area contributed by atoms with Gasteiger partial charge in [-0.1, -0.05) is 11.6 Å². The van der Waals surface area contributed by atoms with E-state index in [2.05, 4.69) is 9.97 Å². The van der Waals surface area contributed by atoms with Gasteiger partial charge in [-0.25, -0.2) is 4.98 Å². The van der Waals surface area contributed by atoms with Crippen molar-refractivity contribution in [3.8, 4) is 0 Å². The summed E-state index contributed by atoms with van der Waals surface area (Å²) in [7, 11) is 0. The molecule has 3 rings (SSSR count). The van der Waals surface area contributed by atoms with Crippen molar-refractivity contribution in [2.75, 3.05) is 39.4 Å². The molecule has 2 aromatic heterocycles. The molecule has 0 unspecified atom stereocenters. The van der Waals surface area contributed by atoms with E-state index >= 15 is 0 Å². The Labute approximate surface area is 160 Å². The molecule has 0 aliphatic carbocycles. The molecular weight excluding hydrogens is 376 g/mol. The molecular formula is C18H21ClF2N5O+. The summed E-state index contributed by atoms with van der Waals surface area (Å²) in [6.45, 7) is 1.34. The molecule has 0 bridgehead atoms. The first-order valence-corrected chi connectivity index (χ1v) is 8.99. The van der Waals surface area contributed by atoms with E-state index < -0.39 is 12.5 Å². The third kappa shape index (κ3) is 5.49. The van der Waals surface area contributed by atoms with Crippen LogP contribution in [-0.4, -0.2) is 66.4 Å². The summed E-state index contributed by atoms with van der Waals surface area (Å²) in [5.74, 6) is -2.84. The van der Waals surface area contributed by atoms with Crippen LogP contribution in [0.1, 0.15) is 5.56 Å². The van der Waals surface area contributed by atoms with Gasteiger partial charge in [-0.3, -0.25) is 9.88 Å². The highest BCUT2D eigenvalue weighted by Crippen LogP contribution is 2.18. The van der Waals surface area contributed by atoms with Crippen LogP contribution in [0.4, 0.5) is 8.78 Å². The van der Waals surface area contributed by atoms with Crippen LogP contribution < -0.4 is 5.32 Å². The number of hydrogen-bond acceptors (Lipinski definition) is 5.